The molecule has 6 rings (SSSR count). The summed E-state index contributed by atoms with van der Waals surface area (Å²) >= 11 is 0. The number of carbonyl (C=O) groups excluding carboxylic acids is 2. The van der Waals surface area contributed by atoms with Gasteiger partial charge in [-0.2, -0.15) is 0 Å². The molecule has 208 valence electrons. The van der Waals surface area contributed by atoms with Crippen molar-refractivity contribution in [2.75, 3.05) is 6.61 Å². The third-order valence-corrected chi connectivity index (χ3v) is 8.57. The number of rotatable bonds is 8. The Kier molecular flexibility index (Phi) is 7.63. The van der Waals surface area contributed by atoms with E-state index in [9.17, 15) is 9.59 Å². The normalized spacial score (nSPS) is 26.4. The zero-order chi connectivity index (χ0) is 27.8. The van der Waals surface area contributed by atoms with Crippen molar-refractivity contribution < 1.29 is 23.8 Å². The second-order valence-electron chi connectivity index (χ2n) is 12.9. The smallest absolute Gasteiger partial charge is 0.347 e. The van der Waals surface area contributed by atoms with Crippen molar-refractivity contribution in [1.29, 1.82) is 0 Å². The van der Waals surface area contributed by atoms with Gasteiger partial charge in [-0.25, -0.2) is 9.59 Å². The molecule has 0 aromatic heterocycles. The van der Waals surface area contributed by atoms with Gasteiger partial charge in [0.25, 0.3) is 0 Å². The van der Waals surface area contributed by atoms with E-state index >= 15 is 0 Å². The molecule has 2 aromatic rings. The fraction of sp³-hybridized carbons (Fsp3) is 0.529. The Morgan fingerprint density at radius 3 is 2.10 bits per heavy atom. The summed E-state index contributed by atoms with van der Waals surface area (Å²) in [7, 11) is 0. The molecule has 4 aliphatic rings. The molecular weight excluding hydrogens is 488 g/mol. The maximum atomic E-state index is 12.4. The van der Waals surface area contributed by atoms with Gasteiger partial charge in [-0.3, -0.25) is 0 Å². The Hall–Kier alpha value is -3.08. The molecule has 4 bridgehead atoms. The van der Waals surface area contributed by atoms with E-state index in [1.807, 2.05) is 39.8 Å². The minimum Gasteiger partial charge on any atom is -0.479 e. The SMILES string of the molecule is CCOC(=O)C(C)Oc1ccc(-c2ccc(C=CC(=O)OC(C)(C)C)cc2)cc1C12CC3CC(CC(C3)C1)C2. The molecule has 0 radical (unpaired) electrons. The summed E-state index contributed by atoms with van der Waals surface area (Å²) in [6.07, 6.45) is 10.3. The second-order valence-corrected chi connectivity index (χ2v) is 12.9. The van der Waals surface area contributed by atoms with E-state index in [1.165, 1.54) is 50.2 Å². The van der Waals surface area contributed by atoms with E-state index in [1.54, 1.807) is 13.0 Å². The molecule has 4 saturated carbocycles. The fourth-order valence-electron chi connectivity index (χ4n) is 7.45. The molecule has 2 aromatic carbocycles. The van der Waals surface area contributed by atoms with Crippen LogP contribution >= 0.6 is 0 Å². The van der Waals surface area contributed by atoms with Gasteiger partial charge in [-0.1, -0.05) is 30.3 Å². The summed E-state index contributed by atoms with van der Waals surface area (Å²) < 4.78 is 16.9. The number of carbonyl (C=O) groups is 2. The van der Waals surface area contributed by atoms with Crippen LogP contribution in [0.5, 0.6) is 5.75 Å². The molecule has 0 saturated heterocycles. The van der Waals surface area contributed by atoms with Gasteiger partial charge in [-0.05, 0) is 131 Å². The van der Waals surface area contributed by atoms with E-state index in [0.29, 0.717) is 6.61 Å². The van der Waals surface area contributed by atoms with Crippen molar-refractivity contribution in [2.24, 2.45) is 17.8 Å². The maximum absolute atomic E-state index is 12.4. The number of esters is 2. The van der Waals surface area contributed by atoms with Crippen LogP contribution in [0.25, 0.3) is 17.2 Å². The van der Waals surface area contributed by atoms with E-state index < -0.39 is 11.7 Å². The first-order valence-corrected chi connectivity index (χ1v) is 14.5. The largest absolute Gasteiger partial charge is 0.479 e. The van der Waals surface area contributed by atoms with Crippen LogP contribution in [0.4, 0.5) is 0 Å². The van der Waals surface area contributed by atoms with Crippen LogP contribution in [-0.2, 0) is 24.5 Å². The average Bonchev–Trinajstić information content (AvgIpc) is 2.86. The lowest BCUT2D eigenvalue weighted by Crippen LogP contribution is -2.48. The van der Waals surface area contributed by atoms with Crippen LogP contribution in [0.3, 0.4) is 0 Å². The number of benzene rings is 2. The predicted octanol–water partition coefficient (Wildman–Crippen LogP) is 7.51. The summed E-state index contributed by atoms with van der Waals surface area (Å²) in [5.74, 6) is 2.54. The quantitative estimate of drug-likeness (QED) is 0.261. The lowest BCUT2D eigenvalue weighted by molar-refractivity contribution is -0.150. The molecule has 4 fully saturated rings. The first-order valence-electron chi connectivity index (χ1n) is 14.5. The van der Waals surface area contributed by atoms with E-state index in [4.69, 9.17) is 14.2 Å². The highest BCUT2D eigenvalue weighted by Crippen LogP contribution is 2.62. The van der Waals surface area contributed by atoms with Crippen molar-refractivity contribution in [2.45, 2.75) is 90.3 Å². The molecule has 0 N–H and O–H groups in total. The lowest BCUT2D eigenvalue weighted by atomic mass is 9.48. The van der Waals surface area contributed by atoms with E-state index in [2.05, 4.69) is 30.3 Å². The van der Waals surface area contributed by atoms with Gasteiger partial charge >= 0.3 is 11.9 Å². The minimum atomic E-state index is -0.653. The topological polar surface area (TPSA) is 61.8 Å². The zero-order valence-corrected chi connectivity index (χ0v) is 24.0. The molecule has 1 unspecified atom stereocenters. The molecule has 0 amide bonds. The van der Waals surface area contributed by atoms with Crippen LogP contribution in [0.2, 0.25) is 0 Å². The van der Waals surface area contributed by atoms with Crippen molar-refractivity contribution in [3.63, 3.8) is 0 Å². The lowest BCUT2D eigenvalue weighted by Gasteiger charge is -2.57. The summed E-state index contributed by atoms with van der Waals surface area (Å²) in [5, 5.41) is 0. The second kappa shape index (κ2) is 10.8. The zero-order valence-electron chi connectivity index (χ0n) is 24.0. The third kappa shape index (κ3) is 6.23. The Bertz CT molecular complexity index is 1200. The minimum absolute atomic E-state index is 0.116. The van der Waals surface area contributed by atoms with Crippen molar-refractivity contribution >= 4 is 18.0 Å². The molecular formula is C34H42O5. The van der Waals surface area contributed by atoms with Crippen molar-refractivity contribution in [3.05, 3.63) is 59.7 Å². The summed E-state index contributed by atoms with van der Waals surface area (Å²) in [6, 6.07) is 14.7. The molecule has 39 heavy (non-hydrogen) atoms. The standard InChI is InChI=1S/C34H42O5/c1-6-37-32(36)22(2)38-30-13-12-28(18-29(30)34-19-24-15-25(20-34)17-26(16-24)21-34)27-10-7-23(8-11-27)9-14-31(35)39-33(3,4)5/h7-14,18,22,24-26H,6,15-17,19-21H2,1-5H3. The fourth-order valence-corrected chi connectivity index (χ4v) is 7.45. The van der Waals surface area contributed by atoms with Gasteiger partial charge in [-0.15, -0.1) is 0 Å². The monoisotopic (exact) mass is 530 g/mol. The third-order valence-electron chi connectivity index (χ3n) is 8.57. The summed E-state index contributed by atoms with van der Waals surface area (Å²) in [4.78, 5) is 24.5. The highest BCUT2D eigenvalue weighted by Gasteiger charge is 2.52. The van der Waals surface area contributed by atoms with Crippen molar-refractivity contribution in [1.82, 2.24) is 0 Å². The maximum Gasteiger partial charge on any atom is 0.347 e. The van der Waals surface area contributed by atoms with Gasteiger partial charge < -0.3 is 14.2 Å². The van der Waals surface area contributed by atoms with Gasteiger partial charge in [0.05, 0.1) is 6.61 Å². The van der Waals surface area contributed by atoms with Crippen LogP contribution < -0.4 is 4.74 Å². The van der Waals surface area contributed by atoms with Crippen molar-refractivity contribution in [3.8, 4) is 16.9 Å². The molecule has 5 nitrogen and oxygen atoms in total. The van der Waals surface area contributed by atoms with Gasteiger partial charge in [0.15, 0.2) is 6.10 Å². The Morgan fingerprint density at radius 1 is 0.949 bits per heavy atom. The highest BCUT2D eigenvalue weighted by atomic mass is 16.6. The highest BCUT2D eigenvalue weighted by molar-refractivity contribution is 5.87. The van der Waals surface area contributed by atoms with Gasteiger partial charge in [0.2, 0.25) is 0 Å². The molecule has 5 heteroatoms. The van der Waals surface area contributed by atoms with Gasteiger partial charge in [0, 0.05) is 11.6 Å². The van der Waals surface area contributed by atoms with E-state index in [-0.39, 0.29) is 17.4 Å². The molecule has 4 aliphatic carbocycles. The number of hydrogen-bond acceptors (Lipinski definition) is 5. The Morgan fingerprint density at radius 2 is 1.54 bits per heavy atom. The van der Waals surface area contributed by atoms with Crippen LogP contribution in [0.15, 0.2) is 48.5 Å². The molecule has 0 spiro atoms. The first kappa shape index (κ1) is 27.5. The Labute approximate surface area is 232 Å². The summed E-state index contributed by atoms with van der Waals surface area (Å²) in [5.41, 5.74) is 4.05. The molecule has 0 heterocycles. The molecule has 1 atom stereocenters. The number of ether oxygens (including phenoxy) is 3. The summed E-state index contributed by atoms with van der Waals surface area (Å²) in [6.45, 7) is 9.52. The average molecular weight is 531 g/mol. The predicted molar refractivity (Wildman–Crippen MR) is 153 cm³/mol. The Balaban J connectivity index is 1.43. The van der Waals surface area contributed by atoms with Crippen LogP contribution in [-0.4, -0.2) is 30.3 Å². The number of hydrogen-bond donors (Lipinski definition) is 0. The molecule has 0 aliphatic heterocycles. The van der Waals surface area contributed by atoms with Crippen LogP contribution in [0.1, 0.15) is 84.3 Å². The van der Waals surface area contributed by atoms with Gasteiger partial charge in [0.1, 0.15) is 11.4 Å². The van der Waals surface area contributed by atoms with Crippen LogP contribution in [0, 0.1) is 17.8 Å². The van der Waals surface area contributed by atoms with E-state index in [0.717, 1.165) is 40.2 Å². The first-order chi connectivity index (χ1) is 18.5.